The maximum atomic E-state index is 12.5. The van der Waals surface area contributed by atoms with Crippen LogP contribution in [0.25, 0.3) is 0 Å². The first kappa shape index (κ1) is 16.8. The zero-order valence-corrected chi connectivity index (χ0v) is 14.4. The zero-order chi connectivity index (χ0) is 18.0. The van der Waals surface area contributed by atoms with Crippen LogP contribution in [-0.4, -0.2) is 31.6 Å². The molecule has 0 aromatic heterocycles. The molecule has 2 aromatic rings. The van der Waals surface area contributed by atoms with Gasteiger partial charge in [-0.2, -0.15) is 0 Å². The molecule has 6 nitrogen and oxygen atoms in total. The first-order chi connectivity index (χ1) is 12.0. The molecule has 1 heterocycles. The van der Waals surface area contributed by atoms with Gasteiger partial charge in [0, 0.05) is 5.69 Å². The number of nitrogens with zero attached hydrogens (tertiary/aromatic N) is 1. The first-order valence-electron chi connectivity index (χ1n) is 8.00. The van der Waals surface area contributed by atoms with Gasteiger partial charge in [-0.1, -0.05) is 6.07 Å². The number of methoxy groups -OCH3 is 1. The molecule has 2 aromatic carbocycles. The lowest BCUT2D eigenvalue weighted by atomic mass is 10.1. The lowest BCUT2D eigenvalue weighted by molar-refractivity contribution is -0.127. The summed E-state index contributed by atoms with van der Waals surface area (Å²) in [6.07, 6.45) is -0.621. The molecule has 0 saturated carbocycles. The number of amides is 2. The largest absolute Gasteiger partial charge is 0.497 e. The van der Waals surface area contributed by atoms with Gasteiger partial charge < -0.3 is 14.8 Å². The average molecular weight is 340 g/mol. The van der Waals surface area contributed by atoms with Crippen LogP contribution in [-0.2, 0) is 9.59 Å². The average Bonchev–Trinajstić information content (AvgIpc) is 2.60. The van der Waals surface area contributed by atoms with E-state index in [1.165, 1.54) is 4.90 Å². The third-order valence-corrected chi connectivity index (χ3v) is 4.00. The third-order valence-electron chi connectivity index (χ3n) is 4.00. The van der Waals surface area contributed by atoms with E-state index in [1.54, 1.807) is 38.3 Å². The summed E-state index contributed by atoms with van der Waals surface area (Å²) in [6.45, 7) is 3.53. The van der Waals surface area contributed by atoms with Crippen molar-refractivity contribution in [2.24, 2.45) is 0 Å². The zero-order valence-electron chi connectivity index (χ0n) is 14.4. The van der Waals surface area contributed by atoms with Gasteiger partial charge >= 0.3 is 0 Å². The van der Waals surface area contributed by atoms with Crippen molar-refractivity contribution in [3.8, 4) is 11.5 Å². The summed E-state index contributed by atoms with van der Waals surface area (Å²) in [5.41, 5.74) is 2.25. The monoisotopic (exact) mass is 340 g/mol. The first-order valence-corrected chi connectivity index (χ1v) is 8.00. The summed E-state index contributed by atoms with van der Waals surface area (Å²) in [7, 11) is 1.58. The molecule has 3 rings (SSSR count). The molecular formula is C19H20N2O4. The SMILES string of the molecule is COc1ccc(NC(=O)CN2C(=O)[C@@H](C)Oc3ccc(C)cc32)cc1. The molecule has 0 bridgehead atoms. The van der Waals surface area contributed by atoms with Gasteiger partial charge in [0.15, 0.2) is 6.10 Å². The predicted octanol–water partition coefficient (Wildman–Crippen LogP) is 2.76. The number of nitrogens with one attached hydrogen (secondary N) is 1. The standard InChI is InChI=1S/C19H20N2O4/c1-12-4-9-17-16(10-12)21(19(23)13(2)25-17)11-18(22)20-14-5-7-15(24-3)8-6-14/h4-10,13H,11H2,1-3H3,(H,20,22)/t13-/m1/s1. The molecule has 1 aliphatic rings. The van der Waals surface area contributed by atoms with Crippen LogP contribution in [0.2, 0.25) is 0 Å². The molecule has 0 unspecified atom stereocenters. The van der Waals surface area contributed by atoms with E-state index >= 15 is 0 Å². The molecule has 0 radical (unpaired) electrons. The fourth-order valence-corrected chi connectivity index (χ4v) is 2.70. The molecule has 0 spiro atoms. The Morgan fingerprint density at radius 2 is 1.96 bits per heavy atom. The molecule has 2 amide bonds. The van der Waals surface area contributed by atoms with E-state index in [9.17, 15) is 9.59 Å². The van der Waals surface area contributed by atoms with Crippen LogP contribution < -0.4 is 19.7 Å². The second-order valence-electron chi connectivity index (χ2n) is 5.93. The van der Waals surface area contributed by atoms with Crippen LogP contribution >= 0.6 is 0 Å². The number of hydrogen-bond acceptors (Lipinski definition) is 4. The van der Waals surface area contributed by atoms with Crippen molar-refractivity contribution in [3.63, 3.8) is 0 Å². The number of carbonyl (C=O) groups is 2. The predicted molar refractivity (Wildman–Crippen MR) is 95.2 cm³/mol. The fourth-order valence-electron chi connectivity index (χ4n) is 2.70. The van der Waals surface area contributed by atoms with Crippen LogP contribution in [0, 0.1) is 6.92 Å². The van der Waals surface area contributed by atoms with Gasteiger partial charge in [-0.05, 0) is 55.8 Å². The minimum atomic E-state index is -0.621. The molecular weight excluding hydrogens is 320 g/mol. The molecule has 1 aliphatic heterocycles. The van der Waals surface area contributed by atoms with Crippen molar-refractivity contribution in [1.29, 1.82) is 0 Å². The summed E-state index contributed by atoms with van der Waals surface area (Å²) in [5.74, 6) is 0.803. The fraction of sp³-hybridized carbons (Fsp3) is 0.263. The van der Waals surface area contributed by atoms with Crippen LogP contribution in [0.15, 0.2) is 42.5 Å². The minimum absolute atomic E-state index is 0.0744. The maximum absolute atomic E-state index is 12.5. The minimum Gasteiger partial charge on any atom is -0.497 e. The second-order valence-corrected chi connectivity index (χ2v) is 5.93. The summed E-state index contributed by atoms with van der Waals surface area (Å²) in [6, 6.07) is 12.6. The van der Waals surface area contributed by atoms with Gasteiger partial charge in [-0.15, -0.1) is 0 Å². The number of anilines is 2. The number of hydrogen-bond donors (Lipinski definition) is 1. The van der Waals surface area contributed by atoms with Crippen LogP contribution in [0.4, 0.5) is 11.4 Å². The Morgan fingerprint density at radius 1 is 1.24 bits per heavy atom. The maximum Gasteiger partial charge on any atom is 0.268 e. The molecule has 0 aliphatic carbocycles. The van der Waals surface area contributed by atoms with E-state index in [1.807, 2.05) is 25.1 Å². The van der Waals surface area contributed by atoms with Gasteiger partial charge in [-0.25, -0.2) is 0 Å². The summed E-state index contributed by atoms with van der Waals surface area (Å²) in [5, 5.41) is 2.79. The summed E-state index contributed by atoms with van der Waals surface area (Å²) in [4.78, 5) is 26.3. The highest BCUT2D eigenvalue weighted by Gasteiger charge is 2.32. The lowest BCUT2D eigenvalue weighted by Crippen LogP contribution is -2.47. The molecule has 1 N–H and O–H groups in total. The molecule has 0 fully saturated rings. The van der Waals surface area contributed by atoms with Gasteiger partial charge in [0.25, 0.3) is 5.91 Å². The summed E-state index contributed by atoms with van der Waals surface area (Å²) < 4.78 is 10.7. The molecule has 1 atom stereocenters. The number of ether oxygens (including phenoxy) is 2. The van der Waals surface area contributed by atoms with Crippen molar-refractivity contribution >= 4 is 23.2 Å². The normalized spacial score (nSPS) is 16.0. The Hall–Kier alpha value is -3.02. The smallest absolute Gasteiger partial charge is 0.268 e. The van der Waals surface area contributed by atoms with E-state index in [-0.39, 0.29) is 18.4 Å². The Kier molecular flexibility index (Phi) is 4.61. The number of carbonyl (C=O) groups excluding carboxylic acids is 2. The van der Waals surface area contributed by atoms with Crippen LogP contribution in [0.1, 0.15) is 12.5 Å². The number of benzene rings is 2. The van der Waals surface area contributed by atoms with Gasteiger partial charge in [-0.3, -0.25) is 14.5 Å². The van der Waals surface area contributed by atoms with Gasteiger partial charge in [0.2, 0.25) is 5.91 Å². The third kappa shape index (κ3) is 3.57. The Labute approximate surface area is 146 Å². The molecule has 130 valence electrons. The van der Waals surface area contributed by atoms with Crippen LogP contribution in [0.5, 0.6) is 11.5 Å². The van der Waals surface area contributed by atoms with Gasteiger partial charge in [0.1, 0.15) is 18.0 Å². The second kappa shape index (κ2) is 6.84. The van der Waals surface area contributed by atoms with E-state index in [0.717, 1.165) is 5.56 Å². The Bertz CT molecular complexity index is 802. The molecule has 6 heteroatoms. The van der Waals surface area contributed by atoms with E-state index in [0.29, 0.717) is 22.9 Å². The van der Waals surface area contributed by atoms with Crippen LogP contribution in [0.3, 0.4) is 0 Å². The van der Waals surface area contributed by atoms with Gasteiger partial charge in [0.05, 0.1) is 12.8 Å². The Balaban J connectivity index is 1.77. The quantitative estimate of drug-likeness (QED) is 0.929. The number of fused-ring (bicyclic) bond motifs is 1. The van der Waals surface area contributed by atoms with Crippen molar-refractivity contribution < 1.29 is 19.1 Å². The molecule has 0 saturated heterocycles. The van der Waals surface area contributed by atoms with Crippen molar-refractivity contribution in [3.05, 3.63) is 48.0 Å². The Morgan fingerprint density at radius 3 is 2.64 bits per heavy atom. The number of rotatable bonds is 4. The van der Waals surface area contributed by atoms with E-state index < -0.39 is 6.10 Å². The highest BCUT2D eigenvalue weighted by molar-refractivity contribution is 6.06. The van der Waals surface area contributed by atoms with E-state index in [4.69, 9.17) is 9.47 Å². The highest BCUT2D eigenvalue weighted by atomic mass is 16.5. The van der Waals surface area contributed by atoms with Crippen molar-refractivity contribution in [2.45, 2.75) is 20.0 Å². The number of aryl methyl sites for hydroxylation is 1. The topological polar surface area (TPSA) is 67.9 Å². The summed E-state index contributed by atoms with van der Waals surface area (Å²) >= 11 is 0. The highest BCUT2D eigenvalue weighted by Crippen LogP contribution is 2.34. The molecule has 25 heavy (non-hydrogen) atoms. The lowest BCUT2D eigenvalue weighted by Gasteiger charge is -2.32. The van der Waals surface area contributed by atoms with E-state index in [2.05, 4.69) is 5.32 Å². The van der Waals surface area contributed by atoms with Crippen molar-refractivity contribution in [2.75, 3.05) is 23.9 Å². The van der Waals surface area contributed by atoms with Crippen molar-refractivity contribution in [1.82, 2.24) is 0 Å².